The number of sulfonamides is 1. The second-order valence-corrected chi connectivity index (χ2v) is 7.05. The van der Waals surface area contributed by atoms with Gasteiger partial charge in [0.2, 0.25) is 10.0 Å². The van der Waals surface area contributed by atoms with Gasteiger partial charge in [0.25, 0.3) is 0 Å². The van der Waals surface area contributed by atoms with Gasteiger partial charge in [-0.05, 0) is 25.3 Å². The Morgan fingerprint density at radius 2 is 1.83 bits per heavy atom. The second-order valence-electron chi connectivity index (χ2n) is 5.28. The molecule has 18 heavy (non-hydrogen) atoms. The highest BCUT2D eigenvalue weighted by Crippen LogP contribution is 2.17. The van der Waals surface area contributed by atoms with Crippen molar-refractivity contribution in [3.63, 3.8) is 0 Å². The summed E-state index contributed by atoms with van der Waals surface area (Å²) in [7, 11) is -3.33. The number of nitrogens with two attached hydrogens (primary N) is 1. The van der Waals surface area contributed by atoms with Crippen molar-refractivity contribution in [2.45, 2.75) is 32.2 Å². The molecule has 1 aromatic rings. The maximum Gasteiger partial charge on any atom is 0.212 e. The maximum atomic E-state index is 12.0. The first-order valence-corrected chi connectivity index (χ1v) is 7.68. The molecule has 4 nitrogen and oxygen atoms in total. The van der Waals surface area contributed by atoms with Crippen LogP contribution in [0, 0.1) is 0 Å². The van der Waals surface area contributed by atoms with Gasteiger partial charge < -0.3 is 5.73 Å². The van der Waals surface area contributed by atoms with Crippen LogP contribution < -0.4 is 10.5 Å². The van der Waals surface area contributed by atoms with Crippen LogP contribution in [-0.4, -0.2) is 26.3 Å². The normalized spacial score (nSPS) is 14.4. The van der Waals surface area contributed by atoms with Crippen LogP contribution in [0.1, 0.15) is 32.3 Å². The molecule has 0 aliphatic carbocycles. The van der Waals surface area contributed by atoms with Gasteiger partial charge >= 0.3 is 0 Å². The van der Waals surface area contributed by atoms with Gasteiger partial charge in [0.05, 0.1) is 5.75 Å². The fourth-order valence-corrected chi connectivity index (χ4v) is 3.57. The zero-order valence-electron chi connectivity index (χ0n) is 11.2. The van der Waals surface area contributed by atoms with E-state index in [1.165, 1.54) is 0 Å². The molecule has 0 fully saturated rings. The van der Waals surface area contributed by atoms with E-state index in [4.69, 9.17) is 5.73 Å². The summed E-state index contributed by atoms with van der Waals surface area (Å²) in [4.78, 5) is 0. The molecule has 0 spiro atoms. The van der Waals surface area contributed by atoms with E-state index in [0.717, 1.165) is 5.56 Å². The third-order valence-electron chi connectivity index (χ3n) is 2.78. The van der Waals surface area contributed by atoms with E-state index in [0.29, 0.717) is 0 Å². The van der Waals surface area contributed by atoms with Crippen LogP contribution in [-0.2, 0) is 10.0 Å². The fourth-order valence-electron chi connectivity index (χ4n) is 1.71. The van der Waals surface area contributed by atoms with Gasteiger partial charge in [-0.2, -0.15) is 0 Å². The van der Waals surface area contributed by atoms with Crippen molar-refractivity contribution in [2.24, 2.45) is 5.73 Å². The van der Waals surface area contributed by atoms with Gasteiger partial charge in [-0.1, -0.05) is 37.3 Å². The summed E-state index contributed by atoms with van der Waals surface area (Å²) in [5.74, 6) is 0.0257. The molecular weight excluding hydrogens is 248 g/mol. The summed E-state index contributed by atoms with van der Waals surface area (Å²) in [5, 5.41) is 0. The lowest BCUT2D eigenvalue weighted by Crippen LogP contribution is -2.49. The van der Waals surface area contributed by atoms with Gasteiger partial charge in [-0.3, -0.25) is 0 Å². The van der Waals surface area contributed by atoms with Crippen LogP contribution in [0.15, 0.2) is 30.3 Å². The van der Waals surface area contributed by atoms with Crippen LogP contribution in [0.5, 0.6) is 0 Å². The van der Waals surface area contributed by atoms with Crippen molar-refractivity contribution in [1.29, 1.82) is 0 Å². The SMILES string of the molecule is CC(CS(=O)(=O)NC(C)(C)CN)c1ccccc1. The maximum absolute atomic E-state index is 12.0. The first kappa shape index (κ1) is 15.1. The summed E-state index contributed by atoms with van der Waals surface area (Å²) < 4.78 is 26.7. The monoisotopic (exact) mass is 270 g/mol. The molecule has 1 rings (SSSR count). The lowest BCUT2D eigenvalue weighted by molar-refractivity contribution is 0.461. The van der Waals surface area contributed by atoms with Gasteiger partial charge in [0.15, 0.2) is 0 Å². The van der Waals surface area contributed by atoms with Gasteiger partial charge in [0, 0.05) is 12.1 Å². The lowest BCUT2D eigenvalue weighted by Gasteiger charge is -2.25. The summed E-state index contributed by atoms with van der Waals surface area (Å²) >= 11 is 0. The van der Waals surface area contributed by atoms with Crippen molar-refractivity contribution in [1.82, 2.24) is 4.72 Å². The smallest absolute Gasteiger partial charge is 0.212 e. The Kier molecular flexibility index (Phi) is 4.90. The van der Waals surface area contributed by atoms with Crippen LogP contribution >= 0.6 is 0 Å². The van der Waals surface area contributed by atoms with E-state index in [9.17, 15) is 8.42 Å². The highest BCUT2D eigenvalue weighted by atomic mass is 32.2. The largest absolute Gasteiger partial charge is 0.329 e. The molecule has 3 N–H and O–H groups in total. The molecule has 0 bridgehead atoms. The molecule has 0 saturated heterocycles. The van der Waals surface area contributed by atoms with E-state index in [1.54, 1.807) is 13.8 Å². The Hall–Kier alpha value is -0.910. The Labute approximate surface area is 110 Å². The minimum atomic E-state index is -3.33. The molecule has 102 valence electrons. The van der Waals surface area contributed by atoms with Gasteiger partial charge in [0.1, 0.15) is 0 Å². The van der Waals surface area contributed by atoms with Crippen LogP contribution in [0.3, 0.4) is 0 Å². The summed E-state index contributed by atoms with van der Waals surface area (Å²) in [6.45, 7) is 5.73. The van der Waals surface area contributed by atoms with Crippen LogP contribution in [0.25, 0.3) is 0 Å². The molecule has 1 unspecified atom stereocenters. The first-order valence-electron chi connectivity index (χ1n) is 6.02. The molecule has 1 aromatic carbocycles. The molecule has 0 aliphatic rings. The zero-order chi connectivity index (χ0) is 13.8. The Balaban J connectivity index is 2.72. The van der Waals surface area contributed by atoms with E-state index in [2.05, 4.69) is 4.72 Å². The average molecular weight is 270 g/mol. The van der Waals surface area contributed by atoms with Crippen LogP contribution in [0.2, 0.25) is 0 Å². The Morgan fingerprint density at radius 3 is 2.33 bits per heavy atom. The number of rotatable bonds is 6. The fraction of sp³-hybridized carbons (Fsp3) is 0.538. The number of nitrogens with one attached hydrogen (secondary N) is 1. The van der Waals surface area contributed by atoms with Crippen LogP contribution in [0.4, 0.5) is 0 Å². The Morgan fingerprint density at radius 1 is 1.28 bits per heavy atom. The van der Waals surface area contributed by atoms with Crippen molar-refractivity contribution in [2.75, 3.05) is 12.3 Å². The highest BCUT2D eigenvalue weighted by Gasteiger charge is 2.25. The van der Waals surface area contributed by atoms with Crippen molar-refractivity contribution >= 4 is 10.0 Å². The van der Waals surface area contributed by atoms with Gasteiger partial charge in [-0.15, -0.1) is 0 Å². The molecule has 0 radical (unpaired) electrons. The summed E-state index contributed by atoms with van der Waals surface area (Å²) in [6.07, 6.45) is 0. The van der Waals surface area contributed by atoms with Crippen molar-refractivity contribution < 1.29 is 8.42 Å². The second kappa shape index (κ2) is 5.82. The Bertz CT molecular complexity index is 469. The first-order chi connectivity index (χ1) is 8.26. The van der Waals surface area contributed by atoms with Crippen molar-refractivity contribution in [3.05, 3.63) is 35.9 Å². The molecule has 1 atom stereocenters. The van der Waals surface area contributed by atoms with E-state index in [-0.39, 0.29) is 18.2 Å². The number of hydrogen-bond acceptors (Lipinski definition) is 3. The molecule has 5 heteroatoms. The van der Waals surface area contributed by atoms with E-state index >= 15 is 0 Å². The minimum Gasteiger partial charge on any atom is -0.329 e. The number of hydrogen-bond donors (Lipinski definition) is 2. The summed E-state index contributed by atoms with van der Waals surface area (Å²) in [5.41, 5.74) is 5.95. The highest BCUT2D eigenvalue weighted by molar-refractivity contribution is 7.89. The third-order valence-corrected chi connectivity index (χ3v) is 4.58. The summed E-state index contributed by atoms with van der Waals surface area (Å²) in [6, 6.07) is 9.62. The van der Waals surface area contributed by atoms with Crippen molar-refractivity contribution in [3.8, 4) is 0 Å². The van der Waals surface area contributed by atoms with E-state index < -0.39 is 15.6 Å². The van der Waals surface area contributed by atoms with E-state index in [1.807, 2.05) is 37.3 Å². The third kappa shape index (κ3) is 4.76. The molecule has 0 amide bonds. The predicted molar refractivity (Wildman–Crippen MR) is 74.9 cm³/mol. The topological polar surface area (TPSA) is 72.2 Å². The average Bonchev–Trinajstić information content (AvgIpc) is 2.28. The molecular formula is C13H22N2O2S. The molecule has 0 heterocycles. The minimum absolute atomic E-state index is 0.0442. The number of benzene rings is 1. The lowest BCUT2D eigenvalue weighted by atomic mass is 10.0. The van der Waals surface area contributed by atoms with Gasteiger partial charge in [-0.25, -0.2) is 13.1 Å². The predicted octanol–water partition coefficient (Wildman–Crippen LogP) is 1.45. The molecule has 0 aliphatic heterocycles. The molecule has 0 aromatic heterocycles. The molecule has 0 saturated carbocycles. The zero-order valence-corrected chi connectivity index (χ0v) is 12.0. The quantitative estimate of drug-likeness (QED) is 0.821. The standard InChI is InChI=1S/C13H22N2O2S/c1-11(12-7-5-4-6-8-12)9-18(16,17)15-13(2,3)10-14/h4-8,11,15H,9-10,14H2,1-3H3.